The average molecular weight is 292 g/mol. The molecule has 0 aliphatic heterocycles. The fraction of sp³-hybridized carbons (Fsp3) is 0.143. The highest BCUT2D eigenvalue weighted by molar-refractivity contribution is 7.92. The van der Waals surface area contributed by atoms with Gasteiger partial charge in [-0.25, -0.2) is 8.42 Å². The number of anilines is 2. The number of phenols is 1. The van der Waals surface area contributed by atoms with Crippen molar-refractivity contribution < 1.29 is 13.5 Å². The molecule has 0 aromatic heterocycles. The second-order valence-electron chi connectivity index (χ2n) is 4.44. The first-order valence-corrected chi connectivity index (χ1v) is 7.92. The van der Waals surface area contributed by atoms with Gasteiger partial charge in [-0.05, 0) is 29.8 Å². The van der Waals surface area contributed by atoms with Gasteiger partial charge < -0.3 is 10.4 Å². The van der Waals surface area contributed by atoms with Gasteiger partial charge in [-0.2, -0.15) is 0 Å². The lowest BCUT2D eigenvalue weighted by Gasteiger charge is -2.12. The summed E-state index contributed by atoms with van der Waals surface area (Å²) in [7, 11) is -3.31. The maximum Gasteiger partial charge on any atom is 0.229 e. The standard InChI is InChI=1S/C14H16N2O3S/c1-20(18,19)16-14-5-3-2-4-13(14)15-10-11-6-8-12(17)9-7-11/h2-9,15-17H,10H2,1H3. The van der Waals surface area contributed by atoms with Crippen LogP contribution in [0.15, 0.2) is 48.5 Å². The summed E-state index contributed by atoms with van der Waals surface area (Å²) in [4.78, 5) is 0. The molecule has 0 fully saturated rings. The highest BCUT2D eigenvalue weighted by atomic mass is 32.2. The van der Waals surface area contributed by atoms with E-state index in [4.69, 9.17) is 0 Å². The summed E-state index contributed by atoms with van der Waals surface area (Å²) in [5.74, 6) is 0.216. The van der Waals surface area contributed by atoms with Crippen LogP contribution < -0.4 is 10.0 Å². The zero-order valence-corrected chi connectivity index (χ0v) is 11.8. The molecule has 0 saturated heterocycles. The molecule has 6 heteroatoms. The van der Waals surface area contributed by atoms with Gasteiger partial charge in [0, 0.05) is 6.54 Å². The molecule has 5 nitrogen and oxygen atoms in total. The van der Waals surface area contributed by atoms with Crippen molar-refractivity contribution in [1.29, 1.82) is 0 Å². The van der Waals surface area contributed by atoms with Crippen LogP contribution >= 0.6 is 0 Å². The first kappa shape index (κ1) is 14.2. The van der Waals surface area contributed by atoms with E-state index < -0.39 is 10.0 Å². The smallest absolute Gasteiger partial charge is 0.229 e. The van der Waals surface area contributed by atoms with E-state index in [9.17, 15) is 13.5 Å². The molecular weight excluding hydrogens is 276 g/mol. The summed E-state index contributed by atoms with van der Waals surface area (Å²) < 4.78 is 25.1. The van der Waals surface area contributed by atoms with Gasteiger partial charge in [0.1, 0.15) is 5.75 Å². The lowest BCUT2D eigenvalue weighted by Crippen LogP contribution is -2.11. The zero-order valence-electron chi connectivity index (χ0n) is 11.0. The minimum absolute atomic E-state index is 0.216. The molecule has 20 heavy (non-hydrogen) atoms. The molecule has 0 saturated carbocycles. The van der Waals surface area contributed by atoms with Gasteiger partial charge in [0.15, 0.2) is 0 Å². The van der Waals surface area contributed by atoms with Crippen LogP contribution in [0.2, 0.25) is 0 Å². The quantitative estimate of drug-likeness (QED) is 0.790. The molecule has 0 bridgehead atoms. The summed E-state index contributed by atoms with van der Waals surface area (Å²) in [6.45, 7) is 0.530. The zero-order chi connectivity index (χ0) is 14.6. The Morgan fingerprint density at radius 1 is 1.00 bits per heavy atom. The topological polar surface area (TPSA) is 78.4 Å². The molecule has 0 heterocycles. The van der Waals surface area contributed by atoms with Gasteiger partial charge in [0.2, 0.25) is 10.0 Å². The lowest BCUT2D eigenvalue weighted by molar-refractivity contribution is 0.475. The van der Waals surface area contributed by atoms with Gasteiger partial charge >= 0.3 is 0 Å². The van der Waals surface area contributed by atoms with Crippen LogP contribution in [-0.4, -0.2) is 19.8 Å². The number of hydrogen-bond donors (Lipinski definition) is 3. The molecule has 0 aliphatic carbocycles. The Balaban J connectivity index is 2.11. The largest absolute Gasteiger partial charge is 0.508 e. The predicted octanol–water partition coefficient (Wildman–Crippen LogP) is 2.38. The Labute approximate surface area is 118 Å². The van der Waals surface area contributed by atoms with Gasteiger partial charge in [-0.1, -0.05) is 24.3 Å². The minimum atomic E-state index is -3.31. The third-order valence-electron chi connectivity index (χ3n) is 2.64. The van der Waals surface area contributed by atoms with Crippen molar-refractivity contribution in [3.63, 3.8) is 0 Å². The molecule has 0 radical (unpaired) electrons. The van der Waals surface area contributed by atoms with E-state index in [2.05, 4.69) is 10.0 Å². The first-order valence-electron chi connectivity index (χ1n) is 6.03. The number of aromatic hydroxyl groups is 1. The van der Waals surface area contributed by atoms with Crippen molar-refractivity contribution in [3.05, 3.63) is 54.1 Å². The summed E-state index contributed by atoms with van der Waals surface area (Å²) in [6.07, 6.45) is 1.11. The molecule has 0 unspecified atom stereocenters. The summed E-state index contributed by atoms with van der Waals surface area (Å²) in [5, 5.41) is 12.4. The van der Waals surface area contributed by atoms with Crippen LogP contribution in [-0.2, 0) is 16.6 Å². The van der Waals surface area contributed by atoms with Crippen molar-refractivity contribution in [3.8, 4) is 5.75 Å². The minimum Gasteiger partial charge on any atom is -0.508 e. The molecular formula is C14H16N2O3S. The van der Waals surface area contributed by atoms with Crippen LogP contribution in [0.3, 0.4) is 0 Å². The number of rotatable bonds is 5. The van der Waals surface area contributed by atoms with E-state index in [1.807, 2.05) is 6.07 Å². The van der Waals surface area contributed by atoms with Crippen molar-refractivity contribution in [1.82, 2.24) is 0 Å². The molecule has 0 aliphatic rings. The fourth-order valence-corrected chi connectivity index (χ4v) is 2.31. The van der Waals surface area contributed by atoms with Crippen molar-refractivity contribution >= 4 is 21.4 Å². The molecule has 0 amide bonds. The van der Waals surface area contributed by atoms with Crippen LogP contribution in [0.5, 0.6) is 5.75 Å². The second-order valence-corrected chi connectivity index (χ2v) is 6.19. The lowest BCUT2D eigenvalue weighted by atomic mass is 10.2. The molecule has 0 atom stereocenters. The van der Waals surface area contributed by atoms with E-state index in [1.165, 1.54) is 0 Å². The van der Waals surface area contributed by atoms with E-state index in [1.54, 1.807) is 42.5 Å². The van der Waals surface area contributed by atoms with E-state index in [0.717, 1.165) is 11.8 Å². The fourth-order valence-electron chi connectivity index (χ4n) is 1.74. The third kappa shape index (κ3) is 4.17. The normalized spacial score (nSPS) is 11.1. The number of para-hydroxylation sites is 2. The number of benzene rings is 2. The second kappa shape index (κ2) is 5.83. The van der Waals surface area contributed by atoms with E-state index in [-0.39, 0.29) is 5.75 Å². The highest BCUT2D eigenvalue weighted by Gasteiger charge is 2.06. The Morgan fingerprint density at radius 2 is 1.60 bits per heavy atom. The van der Waals surface area contributed by atoms with E-state index in [0.29, 0.717) is 17.9 Å². The van der Waals surface area contributed by atoms with Crippen LogP contribution in [0.25, 0.3) is 0 Å². The Hall–Kier alpha value is -2.21. The van der Waals surface area contributed by atoms with E-state index >= 15 is 0 Å². The summed E-state index contributed by atoms with van der Waals surface area (Å²) in [6, 6.07) is 13.9. The van der Waals surface area contributed by atoms with Crippen LogP contribution in [0, 0.1) is 0 Å². The Morgan fingerprint density at radius 3 is 2.20 bits per heavy atom. The van der Waals surface area contributed by atoms with Crippen LogP contribution in [0.1, 0.15) is 5.56 Å². The first-order chi connectivity index (χ1) is 9.44. The van der Waals surface area contributed by atoms with Crippen LogP contribution in [0.4, 0.5) is 11.4 Å². The maximum atomic E-state index is 11.3. The van der Waals surface area contributed by atoms with Gasteiger partial charge in [0.25, 0.3) is 0 Å². The molecule has 3 N–H and O–H groups in total. The summed E-state index contributed by atoms with van der Waals surface area (Å²) in [5.41, 5.74) is 2.19. The average Bonchev–Trinajstić information content (AvgIpc) is 2.38. The predicted molar refractivity (Wildman–Crippen MR) is 80.3 cm³/mol. The number of nitrogens with one attached hydrogen (secondary N) is 2. The van der Waals surface area contributed by atoms with Gasteiger partial charge in [-0.15, -0.1) is 0 Å². The Kier molecular flexibility index (Phi) is 4.14. The number of phenolic OH excluding ortho intramolecular Hbond substituents is 1. The SMILES string of the molecule is CS(=O)(=O)Nc1ccccc1NCc1ccc(O)cc1. The number of hydrogen-bond acceptors (Lipinski definition) is 4. The van der Waals surface area contributed by atoms with Crippen molar-refractivity contribution in [2.75, 3.05) is 16.3 Å². The maximum absolute atomic E-state index is 11.3. The number of sulfonamides is 1. The molecule has 106 valence electrons. The highest BCUT2D eigenvalue weighted by Crippen LogP contribution is 2.22. The van der Waals surface area contributed by atoms with Gasteiger partial charge in [0.05, 0.1) is 17.6 Å². The molecule has 2 aromatic carbocycles. The molecule has 2 aromatic rings. The molecule has 2 rings (SSSR count). The third-order valence-corrected chi connectivity index (χ3v) is 3.23. The van der Waals surface area contributed by atoms with Crippen molar-refractivity contribution in [2.45, 2.75) is 6.54 Å². The Bertz CT molecular complexity index is 682. The summed E-state index contributed by atoms with van der Waals surface area (Å²) >= 11 is 0. The van der Waals surface area contributed by atoms with Crippen molar-refractivity contribution in [2.24, 2.45) is 0 Å². The molecule has 0 spiro atoms. The monoisotopic (exact) mass is 292 g/mol. The van der Waals surface area contributed by atoms with Gasteiger partial charge in [-0.3, -0.25) is 4.72 Å².